The SMILES string of the molecule is COc1ccc2c(c1)C(C)N(CCCC(CCCNC(=O)CCc1ccc(F)cc1)(c1ccccc1)c1ccccc1)C(C(=O)NCCCCO)C2.Cl. The molecule has 0 spiro atoms. The molecule has 1 aliphatic rings. The molecular weight excluding hydrogens is 689 g/mol. The number of benzene rings is 4. The summed E-state index contributed by atoms with van der Waals surface area (Å²) in [5.41, 5.74) is 5.48. The van der Waals surface area contributed by atoms with Gasteiger partial charge >= 0.3 is 0 Å². The summed E-state index contributed by atoms with van der Waals surface area (Å²) in [7, 11) is 1.68. The van der Waals surface area contributed by atoms with Crippen molar-refractivity contribution in [3.8, 4) is 5.75 Å². The van der Waals surface area contributed by atoms with E-state index in [1.807, 2.05) is 18.2 Å². The van der Waals surface area contributed by atoms with Crippen LogP contribution in [0.3, 0.4) is 0 Å². The van der Waals surface area contributed by atoms with Crippen LogP contribution in [0.25, 0.3) is 0 Å². The number of hydrogen-bond donors (Lipinski definition) is 3. The van der Waals surface area contributed by atoms with Gasteiger partial charge in [0.15, 0.2) is 0 Å². The Morgan fingerprint density at radius 2 is 1.49 bits per heavy atom. The quantitative estimate of drug-likeness (QED) is 0.0856. The lowest BCUT2D eigenvalue weighted by atomic mass is 9.68. The molecule has 2 amide bonds. The molecule has 2 unspecified atom stereocenters. The number of fused-ring (bicyclic) bond motifs is 1. The third-order valence-electron chi connectivity index (χ3n) is 10.6. The molecule has 3 N–H and O–H groups in total. The number of aryl methyl sites for hydroxylation is 1. The smallest absolute Gasteiger partial charge is 0.237 e. The second kappa shape index (κ2) is 20.9. The van der Waals surface area contributed by atoms with E-state index in [0.29, 0.717) is 38.8 Å². The Bertz CT molecular complexity index is 1670. The van der Waals surface area contributed by atoms with Crippen LogP contribution in [0.2, 0.25) is 0 Å². The standard InChI is InChI=1S/C44H54FN3O4.ClH/c1-33-40-32-39(52-2)23-20-35(40)31-41(43(51)47-27-9-10-30-49)48(33)29-12-26-44(36-13-5-3-6-14-36,37-15-7-4-8-16-37)25-11-28-46-42(50)24-19-34-17-21-38(45)22-18-34;/h3-8,13-18,20-23,32-33,41,49H,9-12,19,24-31H2,1-2H3,(H,46,50)(H,47,51);1H. The summed E-state index contributed by atoms with van der Waals surface area (Å²) in [6, 6.07) is 33.5. The Kier molecular flexibility index (Phi) is 16.3. The summed E-state index contributed by atoms with van der Waals surface area (Å²) in [5, 5.41) is 15.5. The van der Waals surface area contributed by atoms with E-state index >= 15 is 0 Å². The first-order valence-corrected chi connectivity index (χ1v) is 18.8. The predicted molar refractivity (Wildman–Crippen MR) is 212 cm³/mol. The maximum absolute atomic E-state index is 13.7. The Morgan fingerprint density at radius 3 is 2.13 bits per heavy atom. The molecule has 1 aliphatic heterocycles. The molecule has 7 nitrogen and oxygen atoms in total. The largest absolute Gasteiger partial charge is 0.497 e. The number of carbonyl (C=O) groups excluding carboxylic acids is 2. The molecule has 2 atom stereocenters. The summed E-state index contributed by atoms with van der Waals surface area (Å²) in [4.78, 5) is 28.9. The number of aliphatic hydroxyl groups excluding tert-OH is 1. The van der Waals surface area contributed by atoms with Crippen molar-refractivity contribution in [3.63, 3.8) is 0 Å². The molecule has 5 rings (SSSR count). The second-order valence-electron chi connectivity index (χ2n) is 13.9. The Labute approximate surface area is 320 Å². The Hall–Kier alpha value is -4.24. The average molecular weight is 744 g/mol. The number of unbranched alkanes of at least 4 members (excludes halogenated alkanes) is 1. The lowest BCUT2D eigenvalue weighted by molar-refractivity contribution is -0.128. The van der Waals surface area contributed by atoms with Gasteiger partial charge in [-0.25, -0.2) is 4.39 Å². The van der Waals surface area contributed by atoms with E-state index in [4.69, 9.17) is 4.74 Å². The van der Waals surface area contributed by atoms with Crippen molar-refractivity contribution in [2.75, 3.05) is 33.4 Å². The molecule has 0 bridgehead atoms. The van der Waals surface area contributed by atoms with E-state index in [1.165, 1.54) is 34.4 Å². The third kappa shape index (κ3) is 11.1. The number of methoxy groups -OCH3 is 1. The van der Waals surface area contributed by atoms with Crippen LogP contribution in [-0.4, -0.2) is 61.2 Å². The van der Waals surface area contributed by atoms with Crippen LogP contribution in [0.1, 0.15) is 85.7 Å². The van der Waals surface area contributed by atoms with E-state index < -0.39 is 0 Å². The van der Waals surface area contributed by atoms with E-state index in [1.54, 1.807) is 19.2 Å². The Morgan fingerprint density at radius 1 is 0.849 bits per heavy atom. The van der Waals surface area contributed by atoms with Gasteiger partial charge < -0.3 is 20.5 Å². The number of rotatable bonds is 19. The first-order chi connectivity index (χ1) is 25.3. The monoisotopic (exact) mass is 743 g/mol. The first kappa shape index (κ1) is 41.5. The van der Waals surface area contributed by atoms with E-state index in [-0.39, 0.29) is 54.1 Å². The second-order valence-corrected chi connectivity index (χ2v) is 13.9. The fourth-order valence-electron chi connectivity index (χ4n) is 7.77. The number of nitrogens with one attached hydrogen (secondary N) is 2. The lowest BCUT2D eigenvalue weighted by Gasteiger charge is -2.42. The topological polar surface area (TPSA) is 90.9 Å². The Balaban J connectivity index is 0.00000627. The number of hydrogen-bond acceptors (Lipinski definition) is 5. The fraction of sp³-hybridized carbons (Fsp3) is 0.409. The molecule has 0 aromatic heterocycles. The number of halogens is 2. The highest BCUT2D eigenvalue weighted by atomic mass is 35.5. The molecule has 9 heteroatoms. The van der Waals surface area contributed by atoms with Crippen LogP contribution in [0, 0.1) is 5.82 Å². The van der Waals surface area contributed by atoms with E-state index in [9.17, 15) is 19.1 Å². The number of carbonyl (C=O) groups is 2. The zero-order valence-electron chi connectivity index (χ0n) is 31.1. The zero-order chi connectivity index (χ0) is 36.8. The van der Waals surface area contributed by atoms with Crippen molar-refractivity contribution in [3.05, 3.63) is 137 Å². The minimum atomic E-state index is -0.307. The molecule has 284 valence electrons. The van der Waals surface area contributed by atoms with Crippen LogP contribution in [0.15, 0.2) is 103 Å². The molecule has 0 saturated carbocycles. The van der Waals surface area contributed by atoms with Gasteiger partial charge in [-0.15, -0.1) is 12.4 Å². The van der Waals surface area contributed by atoms with Gasteiger partial charge in [-0.05, 0) is 117 Å². The van der Waals surface area contributed by atoms with E-state index in [2.05, 4.69) is 83.1 Å². The third-order valence-corrected chi connectivity index (χ3v) is 10.6. The van der Waals surface area contributed by atoms with Crippen molar-refractivity contribution in [1.29, 1.82) is 0 Å². The summed E-state index contributed by atoms with van der Waals surface area (Å²) in [6.07, 6.45) is 6.29. The zero-order valence-corrected chi connectivity index (χ0v) is 31.9. The molecule has 0 radical (unpaired) electrons. The van der Waals surface area contributed by atoms with Gasteiger partial charge in [-0.2, -0.15) is 0 Å². The van der Waals surface area contributed by atoms with Crippen LogP contribution in [0.4, 0.5) is 4.39 Å². The molecule has 1 heterocycles. The van der Waals surface area contributed by atoms with Crippen molar-refractivity contribution >= 4 is 24.2 Å². The summed E-state index contributed by atoms with van der Waals surface area (Å²) < 4.78 is 18.9. The fourth-order valence-corrected chi connectivity index (χ4v) is 7.77. The van der Waals surface area contributed by atoms with E-state index in [0.717, 1.165) is 50.0 Å². The highest BCUT2D eigenvalue weighted by Gasteiger charge is 2.38. The number of amides is 2. The average Bonchev–Trinajstić information content (AvgIpc) is 3.18. The molecule has 0 aliphatic carbocycles. The van der Waals surface area contributed by atoms with Crippen LogP contribution >= 0.6 is 12.4 Å². The van der Waals surface area contributed by atoms with Crippen molar-refractivity contribution in [2.24, 2.45) is 0 Å². The minimum Gasteiger partial charge on any atom is -0.497 e. The highest BCUT2D eigenvalue weighted by Crippen LogP contribution is 2.42. The molecule has 4 aromatic rings. The molecule has 53 heavy (non-hydrogen) atoms. The number of ether oxygens (including phenoxy) is 1. The normalized spacial score (nSPS) is 15.5. The molecular formula is C44H55ClFN3O4. The highest BCUT2D eigenvalue weighted by molar-refractivity contribution is 5.85. The predicted octanol–water partition coefficient (Wildman–Crippen LogP) is 7.73. The lowest BCUT2D eigenvalue weighted by Crippen LogP contribution is -2.52. The van der Waals surface area contributed by atoms with Gasteiger partial charge in [0.1, 0.15) is 11.6 Å². The number of nitrogens with zero attached hydrogens (tertiary/aromatic N) is 1. The van der Waals surface area contributed by atoms with Crippen LogP contribution < -0.4 is 15.4 Å². The summed E-state index contributed by atoms with van der Waals surface area (Å²) >= 11 is 0. The van der Waals surface area contributed by atoms with Crippen molar-refractivity contribution in [1.82, 2.24) is 15.5 Å². The molecule has 4 aromatic carbocycles. The van der Waals surface area contributed by atoms with Gasteiger partial charge in [0.25, 0.3) is 0 Å². The van der Waals surface area contributed by atoms with Gasteiger partial charge in [-0.3, -0.25) is 14.5 Å². The van der Waals surface area contributed by atoms with Gasteiger partial charge in [0.2, 0.25) is 11.8 Å². The van der Waals surface area contributed by atoms with Crippen molar-refractivity contribution in [2.45, 2.75) is 82.2 Å². The first-order valence-electron chi connectivity index (χ1n) is 18.8. The van der Waals surface area contributed by atoms with Gasteiger partial charge in [0.05, 0.1) is 13.2 Å². The van der Waals surface area contributed by atoms with Gasteiger partial charge in [0, 0.05) is 37.6 Å². The maximum atomic E-state index is 13.7. The molecule has 0 saturated heterocycles. The maximum Gasteiger partial charge on any atom is 0.237 e. The minimum absolute atomic E-state index is 0. The van der Waals surface area contributed by atoms with Crippen LogP contribution in [0.5, 0.6) is 5.75 Å². The molecule has 0 fully saturated rings. The van der Waals surface area contributed by atoms with Crippen LogP contribution in [-0.2, 0) is 27.8 Å². The summed E-state index contributed by atoms with van der Waals surface area (Å²) in [5.74, 6) is 0.553. The van der Waals surface area contributed by atoms with Crippen molar-refractivity contribution < 1.29 is 23.8 Å². The summed E-state index contributed by atoms with van der Waals surface area (Å²) in [6.45, 7) is 4.13. The number of aliphatic hydroxyl groups is 1. The van der Waals surface area contributed by atoms with Gasteiger partial charge in [-0.1, -0.05) is 78.9 Å².